The van der Waals surface area contributed by atoms with Crippen LogP contribution in [0.15, 0.2) is 23.1 Å². The lowest BCUT2D eigenvalue weighted by atomic mass is 10.0. The quantitative estimate of drug-likeness (QED) is 0.909. The van der Waals surface area contributed by atoms with Gasteiger partial charge in [0.05, 0.1) is 10.8 Å². The molecule has 1 aliphatic carbocycles. The molecule has 0 saturated heterocycles. The molecule has 3 atom stereocenters. The highest BCUT2D eigenvalue weighted by atomic mass is 32.2. The smallest absolute Gasteiger partial charge is 0.0532 e. The predicted molar refractivity (Wildman–Crippen MR) is 77.1 cm³/mol. The van der Waals surface area contributed by atoms with E-state index in [0.29, 0.717) is 12.0 Å². The second kappa shape index (κ2) is 5.98. The molecule has 18 heavy (non-hydrogen) atoms. The van der Waals surface area contributed by atoms with Crippen LogP contribution in [0.1, 0.15) is 36.8 Å². The Morgan fingerprint density at radius 2 is 2.11 bits per heavy atom. The van der Waals surface area contributed by atoms with E-state index in [9.17, 15) is 4.21 Å². The van der Waals surface area contributed by atoms with Crippen LogP contribution in [0.3, 0.4) is 0 Å². The minimum Gasteiger partial charge on any atom is -0.327 e. The molecule has 100 valence electrons. The van der Waals surface area contributed by atoms with E-state index in [1.54, 1.807) is 0 Å². The van der Waals surface area contributed by atoms with Gasteiger partial charge in [-0.05, 0) is 56.2 Å². The zero-order valence-corrected chi connectivity index (χ0v) is 12.1. The third-order valence-corrected chi connectivity index (χ3v) is 5.52. The number of aryl methyl sites for hydroxylation is 2. The summed E-state index contributed by atoms with van der Waals surface area (Å²) in [6.45, 7) is 4.08. The van der Waals surface area contributed by atoms with Gasteiger partial charge in [0.15, 0.2) is 0 Å². The topological polar surface area (TPSA) is 43.1 Å². The van der Waals surface area contributed by atoms with Gasteiger partial charge in [-0.1, -0.05) is 18.6 Å². The van der Waals surface area contributed by atoms with Crippen LogP contribution < -0.4 is 5.73 Å². The summed E-state index contributed by atoms with van der Waals surface area (Å²) in [5.41, 5.74) is 8.37. The number of rotatable bonds is 4. The molecule has 1 aromatic carbocycles. The summed E-state index contributed by atoms with van der Waals surface area (Å²) in [6.07, 6.45) is 4.59. The lowest BCUT2D eigenvalue weighted by Crippen LogP contribution is -2.25. The SMILES string of the molecule is Cc1ccc(C)c(S(=O)CCC2CCCC2N)c1. The van der Waals surface area contributed by atoms with E-state index in [4.69, 9.17) is 5.73 Å². The fourth-order valence-electron chi connectivity index (χ4n) is 2.74. The van der Waals surface area contributed by atoms with Crippen LogP contribution >= 0.6 is 0 Å². The molecule has 3 unspecified atom stereocenters. The standard InChI is InChI=1S/C15H23NOS/c1-11-6-7-12(2)15(10-11)18(17)9-8-13-4-3-5-14(13)16/h6-7,10,13-14H,3-5,8-9,16H2,1-2H3. The maximum atomic E-state index is 12.4. The molecule has 2 rings (SSSR count). The van der Waals surface area contributed by atoms with Crippen molar-refractivity contribution in [2.75, 3.05) is 5.75 Å². The highest BCUT2D eigenvalue weighted by molar-refractivity contribution is 7.85. The van der Waals surface area contributed by atoms with Crippen LogP contribution in [0.2, 0.25) is 0 Å². The number of hydrogen-bond donors (Lipinski definition) is 1. The molecule has 2 N–H and O–H groups in total. The average Bonchev–Trinajstić information content (AvgIpc) is 2.75. The molecule has 1 aliphatic rings. The lowest BCUT2D eigenvalue weighted by molar-refractivity contribution is 0.468. The Labute approximate surface area is 112 Å². The van der Waals surface area contributed by atoms with Gasteiger partial charge in [-0.2, -0.15) is 0 Å². The van der Waals surface area contributed by atoms with Crippen LogP contribution in [0.4, 0.5) is 0 Å². The Bertz CT molecular complexity index is 444. The summed E-state index contributed by atoms with van der Waals surface area (Å²) < 4.78 is 12.4. The average molecular weight is 265 g/mol. The molecule has 0 amide bonds. The molecule has 0 aromatic heterocycles. The Hall–Kier alpha value is -0.670. The second-order valence-corrected chi connectivity index (χ2v) is 7.00. The van der Waals surface area contributed by atoms with Gasteiger partial charge < -0.3 is 5.73 Å². The van der Waals surface area contributed by atoms with Gasteiger partial charge >= 0.3 is 0 Å². The lowest BCUT2D eigenvalue weighted by Gasteiger charge is -2.15. The molecular weight excluding hydrogens is 242 g/mol. The molecule has 2 nitrogen and oxygen atoms in total. The van der Waals surface area contributed by atoms with Crippen molar-refractivity contribution >= 4 is 10.8 Å². The van der Waals surface area contributed by atoms with E-state index >= 15 is 0 Å². The summed E-state index contributed by atoms with van der Waals surface area (Å²) in [4.78, 5) is 1.00. The van der Waals surface area contributed by atoms with Crippen molar-refractivity contribution in [2.24, 2.45) is 11.7 Å². The first-order chi connectivity index (χ1) is 8.58. The van der Waals surface area contributed by atoms with Gasteiger partial charge in [-0.25, -0.2) is 0 Å². The largest absolute Gasteiger partial charge is 0.327 e. The van der Waals surface area contributed by atoms with Crippen molar-refractivity contribution in [3.8, 4) is 0 Å². The van der Waals surface area contributed by atoms with E-state index in [1.807, 2.05) is 13.8 Å². The van der Waals surface area contributed by atoms with E-state index in [1.165, 1.54) is 18.4 Å². The summed E-state index contributed by atoms with van der Waals surface area (Å²) in [5, 5.41) is 0. The molecule has 0 radical (unpaired) electrons. The Kier molecular flexibility index (Phi) is 4.57. The van der Waals surface area contributed by atoms with E-state index in [2.05, 4.69) is 18.2 Å². The molecule has 0 heterocycles. The predicted octanol–water partition coefficient (Wildman–Crippen LogP) is 2.93. The van der Waals surface area contributed by atoms with Crippen LogP contribution in [-0.2, 0) is 10.8 Å². The maximum Gasteiger partial charge on any atom is 0.0532 e. The monoisotopic (exact) mass is 265 g/mol. The van der Waals surface area contributed by atoms with Crippen molar-refractivity contribution in [3.05, 3.63) is 29.3 Å². The highest BCUT2D eigenvalue weighted by Crippen LogP contribution is 2.27. The zero-order valence-electron chi connectivity index (χ0n) is 11.3. The Balaban J connectivity index is 1.97. The van der Waals surface area contributed by atoms with Gasteiger partial charge in [-0.3, -0.25) is 4.21 Å². The fourth-order valence-corrected chi connectivity index (χ4v) is 4.23. The normalized spacial score (nSPS) is 25.3. The summed E-state index contributed by atoms with van der Waals surface area (Å²) in [7, 11) is -0.872. The second-order valence-electron chi connectivity index (χ2n) is 5.46. The van der Waals surface area contributed by atoms with Gasteiger partial charge in [0, 0.05) is 16.7 Å². The van der Waals surface area contributed by atoms with E-state index in [-0.39, 0.29) is 0 Å². The van der Waals surface area contributed by atoms with Crippen LogP contribution in [0.5, 0.6) is 0 Å². The molecule has 0 aliphatic heterocycles. The molecule has 0 bridgehead atoms. The van der Waals surface area contributed by atoms with E-state index < -0.39 is 10.8 Å². The third kappa shape index (κ3) is 3.21. The van der Waals surface area contributed by atoms with Gasteiger partial charge in [0.2, 0.25) is 0 Å². The van der Waals surface area contributed by atoms with Crippen molar-refractivity contribution in [1.82, 2.24) is 0 Å². The van der Waals surface area contributed by atoms with Gasteiger partial charge in [0.25, 0.3) is 0 Å². The van der Waals surface area contributed by atoms with Crippen molar-refractivity contribution in [3.63, 3.8) is 0 Å². The summed E-state index contributed by atoms with van der Waals surface area (Å²) in [6, 6.07) is 6.52. The molecule has 1 saturated carbocycles. The van der Waals surface area contributed by atoms with Crippen molar-refractivity contribution in [2.45, 2.75) is 50.5 Å². The summed E-state index contributed by atoms with van der Waals surface area (Å²) >= 11 is 0. The fraction of sp³-hybridized carbons (Fsp3) is 0.600. The first kappa shape index (κ1) is 13.8. The molecule has 3 heteroatoms. The number of nitrogens with two attached hydrogens (primary N) is 1. The summed E-state index contributed by atoms with van der Waals surface area (Å²) in [5.74, 6) is 1.34. The number of hydrogen-bond acceptors (Lipinski definition) is 2. The zero-order chi connectivity index (χ0) is 13.1. The van der Waals surface area contributed by atoms with Crippen LogP contribution in [0.25, 0.3) is 0 Å². The van der Waals surface area contributed by atoms with E-state index in [0.717, 1.165) is 29.1 Å². The maximum absolute atomic E-state index is 12.4. The van der Waals surface area contributed by atoms with Crippen molar-refractivity contribution in [1.29, 1.82) is 0 Å². The molecule has 1 fully saturated rings. The molecular formula is C15H23NOS. The first-order valence-electron chi connectivity index (χ1n) is 6.79. The Morgan fingerprint density at radius 3 is 2.78 bits per heavy atom. The van der Waals surface area contributed by atoms with Crippen LogP contribution in [0, 0.1) is 19.8 Å². The van der Waals surface area contributed by atoms with Crippen LogP contribution in [-0.4, -0.2) is 16.0 Å². The minimum absolute atomic E-state index is 0.334. The molecule has 1 aromatic rings. The molecule has 0 spiro atoms. The van der Waals surface area contributed by atoms with Crippen molar-refractivity contribution < 1.29 is 4.21 Å². The minimum atomic E-state index is -0.872. The van der Waals surface area contributed by atoms with Gasteiger partial charge in [0.1, 0.15) is 0 Å². The first-order valence-corrected chi connectivity index (χ1v) is 8.11. The third-order valence-electron chi connectivity index (χ3n) is 3.98. The highest BCUT2D eigenvalue weighted by Gasteiger charge is 2.24. The van der Waals surface area contributed by atoms with Gasteiger partial charge in [-0.15, -0.1) is 0 Å². The number of benzene rings is 1. The Morgan fingerprint density at radius 1 is 1.33 bits per heavy atom.